The van der Waals surface area contributed by atoms with Crippen LogP contribution in [-0.4, -0.2) is 18.9 Å². The monoisotopic (exact) mass is 239 g/mol. The second-order valence-corrected chi connectivity index (χ2v) is 5.80. The topological polar surface area (TPSA) is 59.3 Å². The molecule has 0 radical (unpaired) electrons. The number of carbonyl (C=O) groups is 1. The molecule has 0 saturated heterocycles. The van der Waals surface area contributed by atoms with E-state index in [4.69, 9.17) is 4.74 Å². The number of nitriles is 1. The molecule has 96 valence electrons. The van der Waals surface area contributed by atoms with Gasteiger partial charge >= 0.3 is 6.16 Å². The van der Waals surface area contributed by atoms with Crippen LogP contribution >= 0.6 is 0 Å². The summed E-state index contributed by atoms with van der Waals surface area (Å²) in [4.78, 5) is 11.1. The minimum Gasteiger partial charge on any atom is -0.438 e. The van der Waals surface area contributed by atoms with Crippen molar-refractivity contribution in [3.63, 3.8) is 0 Å². The largest absolute Gasteiger partial charge is 0.509 e. The van der Waals surface area contributed by atoms with Gasteiger partial charge in [-0.15, -0.1) is 0 Å². The fourth-order valence-corrected chi connectivity index (χ4v) is 2.39. The second-order valence-electron chi connectivity index (χ2n) is 5.80. The Labute approximate surface area is 103 Å². The van der Waals surface area contributed by atoms with Crippen LogP contribution in [-0.2, 0) is 9.47 Å². The van der Waals surface area contributed by atoms with Crippen LogP contribution in [0.3, 0.4) is 0 Å². The SMILES string of the molecule is COC(=O)OC1(C#N)CCC(C(C)(C)C)CC1. The summed E-state index contributed by atoms with van der Waals surface area (Å²) in [5.74, 6) is 0.574. The molecule has 17 heavy (non-hydrogen) atoms. The Kier molecular flexibility index (Phi) is 4.03. The van der Waals surface area contributed by atoms with Crippen molar-refractivity contribution >= 4 is 6.16 Å². The summed E-state index contributed by atoms with van der Waals surface area (Å²) in [7, 11) is 1.26. The van der Waals surface area contributed by atoms with Gasteiger partial charge in [0.25, 0.3) is 0 Å². The minimum absolute atomic E-state index is 0.243. The molecule has 0 atom stereocenters. The first-order valence-corrected chi connectivity index (χ1v) is 6.01. The Bertz CT molecular complexity index is 317. The molecule has 0 aromatic carbocycles. The summed E-state index contributed by atoms with van der Waals surface area (Å²) >= 11 is 0. The summed E-state index contributed by atoms with van der Waals surface area (Å²) in [6.45, 7) is 6.62. The third-order valence-electron chi connectivity index (χ3n) is 3.67. The van der Waals surface area contributed by atoms with E-state index in [9.17, 15) is 10.1 Å². The molecular formula is C13H21NO3. The lowest BCUT2D eigenvalue weighted by Gasteiger charge is -2.39. The highest BCUT2D eigenvalue weighted by Gasteiger charge is 2.42. The van der Waals surface area contributed by atoms with Crippen LogP contribution in [0.1, 0.15) is 46.5 Å². The van der Waals surface area contributed by atoms with Crippen molar-refractivity contribution in [2.75, 3.05) is 7.11 Å². The molecule has 0 spiro atoms. The van der Waals surface area contributed by atoms with Crippen LogP contribution in [0.5, 0.6) is 0 Å². The number of ether oxygens (including phenoxy) is 2. The first-order chi connectivity index (χ1) is 7.83. The summed E-state index contributed by atoms with van der Waals surface area (Å²) < 4.78 is 9.58. The molecule has 4 nitrogen and oxygen atoms in total. The van der Waals surface area contributed by atoms with Crippen LogP contribution < -0.4 is 0 Å². The van der Waals surface area contributed by atoms with Gasteiger partial charge in [-0.2, -0.15) is 5.26 Å². The molecule has 0 unspecified atom stereocenters. The molecule has 0 bridgehead atoms. The zero-order chi connectivity index (χ0) is 13.1. The molecule has 0 amide bonds. The van der Waals surface area contributed by atoms with Crippen molar-refractivity contribution in [2.45, 2.75) is 52.1 Å². The Morgan fingerprint density at radius 2 is 1.88 bits per heavy atom. The molecule has 1 fully saturated rings. The van der Waals surface area contributed by atoms with Crippen molar-refractivity contribution < 1.29 is 14.3 Å². The molecule has 1 rings (SSSR count). The number of carbonyl (C=O) groups excluding carboxylic acids is 1. The predicted octanol–water partition coefficient (Wildman–Crippen LogP) is 3.27. The first-order valence-electron chi connectivity index (χ1n) is 6.01. The predicted molar refractivity (Wildman–Crippen MR) is 63.2 cm³/mol. The zero-order valence-electron chi connectivity index (χ0n) is 11.1. The van der Waals surface area contributed by atoms with Gasteiger partial charge in [0.1, 0.15) is 6.07 Å². The average molecular weight is 239 g/mol. The third-order valence-corrected chi connectivity index (χ3v) is 3.67. The van der Waals surface area contributed by atoms with Gasteiger partial charge in [-0.05, 0) is 24.2 Å². The lowest BCUT2D eigenvalue weighted by molar-refractivity contribution is -0.0312. The number of nitrogens with zero attached hydrogens (tertiary/aromatic N) is 1. The highest BCUT2D eigenvalue weighted by atomic mass is 16.7. The summed E-state index contributed by atoms with van der Waals surface area (Å²) in [5.41, 5.74) is -0.734. The van der Waals surface area contributed by atoms with Crippen LogP contribution in [0.4, 0.5) is 4.79 Å². The van der Waals surface area contributed by atoms with Gasteiger partial charge < -0.3 is 9.47 Å². The highest BCUT2D eigenvalue weighted by Crippen LogP contribution is 2.42. The van der Waals surface area contributed by atoms with E-state index in [-0.39, 0.29) is 5.41 Å². The molecule has 0 aromatic heterocycles. The van der Waals surface area contributed by atoms with Gasteiger partial charge in [-0.25, -0.2) is 4.79 Å². The smallest absolute Gasteiger partial charge is 0.438 e. The summed E-state index contributed by atoms with van der Waals surface area (Å²) in [5, 5.41) is 9.19. The average Bonchev–Trinajstić information content (AvgIpc) is 2.28. The van der Waals surface area contributed by atoms with Crippen LogP contribution in [0.15, 0.2) is 0 Å². The maximum atomic E-state index is 11.1. The fourth-order valence-electron chi connectivity index (χ4n) is 2.39. The molecule has 1 aliphatic rings. The summed E-state index contributed by atoms with van der Waals surface area (Å²) in [6, 6.07) is 2.13. The normalized spacial score (nSPS) is 29.2. The Morgan fingerprint density at radius 3 is 2.24 bits per heavy atom. The van der Waals surface area contributed by atoms with E-state index in [0.717, 1.165) is 12.8 Å². The Hall–Kier alpha value is -1.24. The second kappa shape index (κ2) is 4.95. The van der Waals surface area contributed by atoms with Crippen molar-refractivity contribution in [1.82, 2.24) is 0 Å². The van der Waals surface area contributed by atoms with Crippen molar-refractivity contribution in [3.05, 3.63) is 0 Å². The maximum Gasteiger partial charge on any atom is 0.509 e. The van der Waals surface area contributed by atoms with E-state index in [1.807, 2.05) is 0 Å². The number of rotatable bonds is 1. The van der Waals surface area contributed by atoms with Crippen molar-refractivity contribution in [1.29, 1.82) is 5.26 Å². The molecule has 0 N–H and O–H groups in total. The molecule has 0 aromatic rings. The highest BCUT2D eigenvalue weighted by molar-refractivity contribution is 5.60. The molecule has 0 aliphatic heterocycles. The number of methoxy groups -OCH3 is 1. The van der Waals surface area contributed by atoms with Gasteiger partial charge in [0.15, 0.2) is 0 Å². The van der Waals surface area contributed by atoms with Gasteiger partial charge in [0.05, 0.1) is 7.11 Å². The minimum atomic E-state index is -0.977. The van der Waals surface area contributed by atoms with Gasteiger partial charge in [-0.1, -0.05) is 20.8 Å². The number of hydrogen-bond donors (Lipinski definition) is 0. The van der Waals surface area contributed by atoms with E-state index in [0.29, 0.717) is 18.8 Å². The van der Waals surface area contributed by atoms with Crippen LogP contribution in [0, 0.1) is 22.7 Å². The van der Waals surface area contributed by atoms with E-state index < -0.39 is 11.8 Å². The number of hydrogen-bond acceptors (Lipinski definition) is 4. The fraction of sp³-hybridized carbons (Fsp3) is 0.846. The molecular weight excluding hydrogens is 218 g/mol. The molecule has 1 aliphatic carbocycles. The molecule has 1 saturated carbocycles. The standard InChI is InChI=1S/C13H21NO3/c1-12(2,3)10-5-7-13(9-14,8-6-10)17-11(15)16-4/h10H,5-8H2,1-4H3. The third kappa shape index (κ3) is 3.36. The quantitative estimate of drug-likeness (QED) is 0.659. The molecule has 0 heterocycles. The van der Waals surface area contributed by atoms with E-state index in [2.05, 4.69) is 31.6 Å². The Morgan fingerprint density at radius 1 is 1.35 bits per heavy atom. The summed E-state index contributed by atoms with van der Waals surface area (Å²) in [6.07, 6.45) is 2.25. The van der Waals surface area contributed by atoms with Crippen LogP contribution in [0.2, 0.25) is 0 Å². The van der Waals surface area contributed by atoms with Crippen LogP contribution in [0.25, 0.3) is 0 Å². The molecule has 4 heteroatoms. The van der Waals surface area contributed by atoms with Gasteiger partial charge in [0.2, 0.25) is 5.60 Å². The van der Waals surface area contributed by atoms with Gasteiger partial charge in [-0.3, -0.25) is 0 Å². The van der Waals surface area contributed by atoms with E-state index >= 15 is 0 Å². The van der Waals surface area contributed by atoms with Gasteiger partial charge in [0, 0.05) is 12.8 Å². The first kappa shape index (κ1) is 13.8. The zero-order valence-corrected chi connectivity index (χ0v) is 11.1. The van der Waals surface area contributed by atoms with E-state index in [1.165, 1.54) is 7.11 Å². The van der Waals surface area contributed by atoms with Crippen molar-refractivity contribution in [2.24, 2.45) is 11.3 Å². The van der Waals surface area contributed by atoms with E-state index in [1.54, 1.807) is 0 Å². The lowest BCUT2D eigenvalue weighted by Crippen LogP contribution is -2.40. The van der Waals surface area contributed by atoms with Crippen molar-refractivity contribution in [3.8, 4) is 6.07 Å². The lowest BCUT2D eigenvalue weighted by atomic mass is 9.68. The maximum absolute atomic E-state index is 11.1. The Balaban J connectivity index is 2.64.